The number of nitrogens with zero attached hydrogens (tertiary/aromatic N) is 2. The Hall–Kier alpha value is -1.52. The van der Waals surface area contributed by atoms with E-state index in [2.05, 4.69) is 0 Å². The van der Waals surface area contributed by atoms with Crippen LogP contribution in [-0.4, -0.2) is 9.13 Å². The maximum absolute atomic E-state index is 12.2. The lowest BCUT2D eigenvalue weighted by Gasteiger charge is -2.11. The molecule has 0 fully saturated rings. The third-order valence-corrected chi connectivity index (χ3v) is 3.69. The zero-order chi connectivity index (χ0) is 14.7. The molecule has 0 aliphatic carbocycles. The largest absolute Gasteiger partial charge is 0.331 e. The van der Waals surface area contributed by atoms with Crippen molar-refractivity contribution in [3.8, 4) is 0 Å². The monoisotopic (exact) mass is 312 g/mol. The van der Waals surface area contributed by atoms with E-state index in [1.54, 1.807) is 18.2 Å². The summed E-state index contributed by atoms with van der Waals surface area (Å²) in [6.07, 6.45) is 2.32. The van der Waals surface area contributed by atoms with E-state index in [1.807, 2.05) is 6.92 Å². The Morgan fingerprint density at radius 2 is 1.75 bits per heavy atom. The van der Waals surface area contributed by atoms with Gasteiger partial charge in [-0.25, -0.2) is 4.79 Å². The first-order valence-corrected chi connectivity index (χ1v) is 7.03. The van der Waals surface area contributed by atoms with Crippen LogP contribution in [0.4, 0.5) is 0 Å². The number of hydrogen-bond donors (Lipinski definition) is 0. The zero-order valence-electron chi connectivity index (χ0n) is 11.0. The Bertz CT molecular complexity index is 714. The van der Waals surface area contributed by atoms with Crippen LogP contribution < -0.4 is 11.2 Å². The highest BCUT2D eigenvalue weighted by Gasteiger charge is 2.10. The third-order valence-electron chi connectivity index (χ3n) is 2.98. The average molecular weight is 313 g/mol. The minimum atomic E-state index is -0.363. The van der Waals surface area contributed by atoms with E-state index >= 15 is 0 Å². The van der Waals surface area contributed by atoms with Gasteiger partial charge in [-0.3, -0.25) is 9.36 Å². The molecule has 0 aliphatic rings. The predicted octanol–water partition coefficient (Wildman–Crippen LogP) is 2.78. The molecule has 0 amide bonds. The van der Waals surface area contributed by atoms with Gasteiger partial charge in [-0.1, -0.05) is 36.2 Å². The fraction of sp³-hybridized carbons (Fsp3) is 0.286. The van der Waals surface area contributed by atoms with Crippen molar-refractivity contribution in [2.75, 3.05) is 0 Å². The normalized spacial score (nSPS) is 10.8. The van der Waals surface area contributed by atoms with Gasteiger partial charge in [0, 0.05) is 34.4 Å². The van der Waals surface area contributed by atoms with Crippen LogP contribution in [0.1, 0.15) is 18.9 Å². The van der Waals surface area contributed by atoms with Gasteiger partial charge in [-0.2, -0.15) is 0 Å². The van der Waals surface area contributed by atoms with Crippen LogP contribution in [0, 0.1) is 0 Å². The van der Waals surface area contributed by atoms with Gasteiger partial charge >= 0.3 is 5.69 Å². The van der Waals surface area contributed by atoms with E-state index in [1.165, 1.54) is 16.8 Å². The summed E-state index contributed by atoms with van der Waals surface area (Å²) >= 11 is 12.2. The molecule has 0 spiro atoms. The summed E-state index contributed by atoms with van der Waals surface area (Å²) in [5.41, 5.74) is -0.141. The fourth-order valence-electron chi connectivity index (χ4n) is 1.95. The summed E-state index contributed by atoms with van der Waals surface area (Å²) in [6.45, 7) is 2.60. The quantitative estimate of drug-likeness (QED) is 0.871. The highest BCUT2D eigenvalue weighted by atomic mass is 35.5. The lowest BCUT2D eigenvalue weighted by Crippen LogP contribution is -2.39. The summed E-state index contributed by atoms with van der Waals surface area (Å²) in [7, 11) is 0. The molecule has 0 radical (unpaired) electrons. The summed E-state index contributed by atoms with van der Waals surface area (Å²) in [4.78, 5) is 24.1. The van der Waals surface area contributed by atoms with Gasteiger partial charge in [0.1, 0.15) is 0 Å². The van der Waals surface area contributed by atoms with Crippen molar-refractivity contribution in [3.05, 3.63) is 66.9 Å². The van der Waals surface area contributed by atoms with Crippen molar-refractivity contribution in [3.63, 3.8) is 0 Å². The maximum atomic E-state index is 12.2. The molecule has 0 saturated carbocycles. The first kappa shape index (κ1) is 14.9. The molecular formula is C14H14Cl2N2O2. The van der Waals surface area contributed by atoms with Crippen LogP contribution in [0.15, 0.2) is 40.1 Å². The zero-order valence-corrected chi connectivity index (χ0v) is 12.5. The van der Waals surface area contributed by atoms with Crippen LogP contribution in [0.3, 0.4) is 0 Å². The summed E-state index contributed by atoms with van der Waals surface area (Å²) in [5, 5.41) is 0.879. The summed E-state index contributed by atoms with van der Waals surface area (Å²) in [6, 6.07) is 6.46. The second kappa shape index (κ2) is 6.29. The van der Waals surface area contributed by atoms with Crippen molar-refractivity contribution in [2.45, 2.75) is 26.4 Å². The molecule has 0 bridgehead atoms. The molecule has 6 heteroatoms. The minimum absolute atomic E-state index is 0.0702. The lowest BCUT2D eigenvalue weighted by molar-refractivity contribution is 0.571. The van der Waals surface area contributed by atoms with Crippen LogP contribution >= 0.6 is 23.2 Å². The number of aromatic nitrogens is 2. The van der Waals surface area contributed by atoms with Crippen LogP contribution in [0.25, 0.3) is 0 Å². The molecule has 1 aromatic carbocycles. The number of halogens is 2. The SMILES string of the molecule is CCCn1ccc(=O)n(Cc2c(Cl)cccc2Cl)c1=O. The minimum Gasteiger partial charge on any atom is -0.300 e. The predicted molar refractivity (Wildman–Crippen MR) is 80.8 cm³/mol. The molecule has 1 heterocycles. The van der Waals surface area contributed by atoms with Crippen LogP contribution in [0.5, 0.6) is 0 Å². The third kappa shape index (κ3) is 2.97. The van der Waals surface area contributed by atoms with Gasteiger partial charge in [0.25, 0.3) is 5.56 Å². The van der Waals surface area contributed by atoms with Crippen molar-refractivity contribution in [1.82, 2.24) is 9.13 Å². The van der Waals surface area contributed by atoms with Gasteiger partial charge in [-0.05, 0) is 18.6 Å². The van der Waals surface area contributed by atoms with Gasteiger partial charge < -0.3 is 4.57 Å². The van der Waals surface area contributed by atoms with E-state index < -0.39 is 0 Å². The Kier molecular flexibility index (Phi) is 4.68. The molecular weight excluding hydrogens is 299 g/mol. The van der Waals surface area contributed by atoms with Crippen molar-refractivity contribution in [1.29, 1.82) is 0 Å². The standard InChI is InChI=1S/C14H14Cl2N2O2/c1-2-7-17-8-6-13(19)18(14(17)20)9-10-11(15)4-3-5-12(10)16/h3-6,8H,2,7,9H2,1H3. The Morgan fingerprint density at radius 3 is 2.35 bits per heavy atom. The van der Waals surface area contributed by atoms with Gasteiger partial charge in [0.2, 0.25) is 0 Å². The average Bonchev–Trinajstić information content (AvgIpc) is 2.41. The molecule has 0 aliphatic heterocycles. The second-order valence-electron chi connectivity index (χ2n) is 4.42. The maximum Gasteiger partial charge on any atom is 0.331 e. The second-order valence-corrected chi connectivity index (χ2v) is 5.23. The molecule has 2 aromatic rings. The Labute approximate surface area is 126 Å². The molecule has 0 N–H and O–H groups in total. The molecule has 0 unspecified atom stereocenters. The van der Waals surface area contributed by atoms with Crippen molar-refractivity contribution >= 4 is 23.2 Å². The molecule has 106 valence electrons. The van der Waals surface area contributed by atoms with Gasteiger partial charge in [0.15, 0.2) is 0 Å². The Morgan fingerprint density at radius 1 is 1.10 bits per heavy atom. The Balaban J connectivity index is 2.51. The van der Waals surface area contributed by atoms with Crippen LogP contribution in [-0.2, 0) is 13.1 Å². The smallest absolute Gasteiger partial charge is 0.300 e. The molecule has 20 heavy (non-hydrogen) atoms. The van der Waals surface area contributed by atoms with E-state index in [9.17, 15) is 9.59 Å². The first-order valence-electron chi connectivity index (χ1n) is 6.27. The molecule has 0 atom stereocenters. The first-order chi connectivity index (χ1) is 9.54. The van der Waals surface area contributed by atoms with E-state index in [4.69, 9.17) is 23.2 Å². The number of rotatable bonds is 4. The summed E-state index contributed by atoms with van der Waals surface area (Å²) < 4.78 is 2.65. The molecule has 2 rings (SSSR count). The van der Waals surface area contributed by atoms with Crippen LogP contribution in [0.2, 0.25) is 10.0 Å². The fourth-order valence-corrected chi connectivity index (χ4v) is 2.47. The van der Waals surface area contributed by atoms with Gasteiger partial charge in [-0.15, -0.1) is 0 Å². The topological polar surface area (TPSA) is 44.0 Å². The highest BCUT2D eigenvalue weighted by Crippen LogP contribution is 2.24. The summed E-state index contributed by atoms with van der Waals surface area (Å²) in [5.74, 6) is 0. The molecule has 4 nitrogen and oxygen atoms in total. The lowest BCUT2D eigenvalue weighted by atomic mass is 10.2. The molecule has 1 aromatic heterocycles. The van der Waals surface area contributed by atoms with E-state index in [-0.39, 0.29) is 17.8 Å². The van der Waals surface area contributed by atoms with E-state index in [0.717, 1.165) is 11.0 Å². The molecule has 0 saturated heterocycles. The van der Waals surface area contributed by atoms with E-state index in [0.29, 0.717) is 22.2 Å². The number of aryl methyl sites for hydroxylation is 1. The number of hydrogen-bond acceptors (Lipinski definition) is 2. The van der Waals surface area contributed by atoms with Crippen molar-refractivity contribution < 1.29 is 0 Å². The van der Waals surface area contributed by atoms with Gasteiger partial charge in [0.05, 0.1) is 6.54 Å². The number of benzene rings is 1. The highest BCUT2D eigenvalue weighted by molar-refractivity contribution is 6.35. The van der Waals surface area contributed by atoms with Crippen molar-refractivity contribution in [2.24, 2.45) is 0 Å².